The van der Waals surface area contributed by atoms with E-state index in [-0.39, 0.29) is 30.2 Å². The molecule has 5 aromatic rings. The van der Waals surface area contributed by atoms with E-state index < -0.39 is 12.0 Å². The molecule has 3 aromatic carbocycles. The topological polar surface area (TPSA) is 95.1 Å². The zero-order valence-electron chi connectivity index (χ0n) is 26.5. The molecule has 0 N–H and O–H groups in total. The second-order valence-electron chi connectivity index (χ2n) is 11.6. The van der Waals surface area contributed by atoms with E-state index in [0.717, 1.165) is 52.4 Å². The van der Waals surface area contributed by atoms with E-state index in [9.17, 15) is 14.4 Å². The molecular weight excluding hydrogens is 692 g/mol. The van der Waals surface area contributed by atoms with Gasteiger partial charge in [0.15, 0.2) is 4.80 Å². The SMILES string of the molecule is CCOC(=O)C1=C(c2ccccc2)N=c2s/c(=C\c3cn(CC(=O)N4CCCC4)c4ccccc34)c(=O)n2[C@H]1c1cc(Br)ccc1OC. The number of amides is 1. The maximum atomic E-state index is 14.5. The number of halogens is 1. The van der Waals surface area contributed by atoms with Crippen LogP contribution in [0.25, 0.3) is 22.7 Å². The summed E-state index contributed by atoms with van der Waals surface area (Å²) >= 11 is 4.84. The van der Waals surface area contributed by atoms with Gasteiger partial charge in [-0.05, 0) is 50.1 Å². The van der Waals surface area contributed by atoms with E-state index in [0.29, 0.717) is 26.3 Å². The van der Waals surface area contributed by atoms with Crippen LogP contribution >= 0.6 is 27.3 Å². The lowest BCUT2D eigenvalue weighted by Crippen LogP contribution is -2.40. The van der Waals surface area contributed by atoms with E-state index in [1.54, 1.807) is 24.7 Å². The van der Waals surface area contributed by atoms with Crippen molar-refractivity contribution in [1.82, 2.24) is 14.0 Å². The van der Waals surface area contributed by atoms with Crippen molar-refractivity contribution in [2.75, 3.05) is 26.8 Å². The molecule has 4 heterocycles. The molecule has 1 saturated heterocycles. The first-order chi connectivity index (χ1) is 23.4. The molecule has 0 radical (unpaired) electrons. The Kier molecular flexibility index (Phi) is 8.89. The second-order valence-corrected chi connectivity index (χ2v) is 13.6. The van der Waals surface area contributed by atoms with Crippen molar-refractivity contribution >= 4 is 61.8 Å². The number of hydrogen-bond donors (Lipinski definition) is 0. The largest absolute Gasteiger partial charge is 0.496 e. The number of fused-ring (bicyclic) bond motifs is 2. The fourth-order valence-corrected chi connectivity index (χ4v) is 7.90. The summed E-state index contributed by atoms with van der Waals surface area (Å²) < 4.78 is 16.1. The molecule has 0 spiro atoms. The Morgan fingerprint density at radius 1 is 1.04 bits per heavy atom. The Hall–Kier alpha value is -4.74. The molecule has 0 bridgehead atoms. The summed E-state index contributed by atoms with van der Waals surface area (Å²) in [5.74, 6) is 0.0360. The van der Waals surface area contributed by atoms with Gasteiger partial charge in [0.2, 0.25) is 5.91 Å². The number of thiazole rings is 1. The third-order valence-electron chi connectivity index (χ3n) is 8.73. The molecule has 1 fully saturated rings. The highest BCUT2D eigenvalue weighted by Gasteiger charge is 2.37. The maximum Gasteiger partial charge on any atom is 0.338 e. The fraction of sp³-hybridized carbons (Fsp3) is 0.243. The van der Waals surface area contributed by atoms with E-state index in [1.165, 1.54) is 11.3 Å². The van der Waals surface area contributed by atoms with Gasteiger partial charge in [0.05, 0.1) is 29.5 Å². The van der Waals surface area contributed by atoms with Gasteiger partial charge in [0.25, 0.3) is 5.56 Å². The average molecular weight is 726 g/mol. The number of likely N-dealkylation sites (tertiary alicyclic amines) is 1. The first-order valence-corrected chi connectivity index (χ1v) is 17.5. The Labute approximate surface area is 289 Å². The van der Waals surface area contributed by atoms with E-state index in [1.807, 2.05) is 88.5 Å². The second kappa shape index (κ2) is 13.4. The predicted molar refractivity (Wildman–Crippen MR) is 190 cm³/mol. The standard InChI is InChI=1S/C37H33BrN4O5S/c1-3-47-36(45)32-33(23-11-5-4-6-12-23)39-37-42(34(32)27-20-25(38)15-16-29(27)46-2)35(44)30(48-37)19-24-21-41(28-14-8-7-13-26(24)28)22-31(43)40-17-9-10-18-40/h4-8,11-16,19-21,34H,3,9-10,17-18,22H2,1-2H3/b30-19-/t34-/m0/s1. The highest BCUT2D eigenvalue weighted by Crippen LogP contribution is 2.40. The highest BCUT2D eigenvalue weighted by atomic mass is 79.9. The molecule has 0 saturated carbocycles. The molecule has 11 heteroatoms. The Balaban J connectivity index is 1.45. The Morgan fingerprint density at radius 2 is 1.79 bits per heavy atom. The van der Waals surface area contributed by atoms with Crippen molar-refractivity contribution in [1.29, 1.82) is 0 Å². The molecule has 2 aliphatic rings. The number of hydrogen-bond acceptors (Lipinski definition) is 7. The van der Waals surface area contributed by atoms with Crippen LogP contribution in [-0.4, -0.2) is 52.7 Å². The molecule has 2 aliphatic heterocycles. The molecule has 0 aliphatic carbocycles. The normalized spacial score (nSPS) is 16.3. The number of benzene rings is 3. The number of ether oxygens (including phenoxy) is 2. The average Bonchev–Trinajstić information content (AvgIpc) is 3.84. The van der Waals surface area contributed by atoms with Crippen molar-refractivity contribution in [2.45, 2.75) is 32.4 Å². The van der Waals surface area contributed by atoms with E-state index in [4.69, 9.17) is 14.5 Å². The van der Waals surface area contributed by atoms with Crippen molar-refractivity contribution in [3.63, 3.8) is 0 Å². The number of rotatable bonds is 8. The molecule has 2 aromatic heterocycles. The van der Waals surface area contributed by atoms with Gasteiger partial charge in [-0.15, -0.1) is 0 Å². The van der Waals surface area contributed by atoms with Gasteiger partial charge >= 0.3 is 5.97 Å². The molecule has 9 nitrogen and oxygen atoms in total. The quantitative estimate of drug-likeness (QED) is 0.203. The summed E-state index contributed by atoms with van der Waals surface area (Å²) in [4.78, 5) is 48.8. The lowest BCUT2D eigenvalue weighted by atomic mass is 9.92. The zero-order valence-corrected chi connectivity index (χ0v) is 28.9. The summed E-state index contributed by atoms with van der Waals surface area (Å²) in [6.07, 6.45) is 5.85. The summed E-state index contributed by atoms with van der Waals surface area (Å²) in [6, 6.07) is 22.0. The van der Waals surface area contributed by atoms with Gasteiger partial charge in [-0.25, -0.2) is 9.79 Å². The Morgan fingerprint density at radius 3 is 2.54 bits per heavy atom. The smallest absolute Gasteiger partial charge is 0.338 e. The van der Waals surface area contributed by atoms with Crippen molar-refractivity contribution in [3.8, 4) is 5.75 Å². The maximum absolute atomic E-state index is 14.5. The number of para-hydroxylation sites is 1. The van der Waals surface area contributed by atoms with Crippen molar-refractivity contribution in [3.05, 3.63) is 125 Å². The van der Waals surface area contributed by atoms with Crippen LogP contribution < -0.4 is 19.6 Å². The van der Waals surface area contributed by atoms with Crippen LogP contribution in [0, 0.1) is 0 Å². The molecule has 7 rings (SSSR count). The van der Waals surface area contributed by atoms with Gasteiger partial charge < -0.3 is 18.9 Å². The highest BCUT2D eigenvalue weighted by molar-refractivity contribution is 9.10. The van der Waals surface area contributed by atoms with Gasteiger partial charge in [-0.3, -0.25) is 14.2 Å². The van der Waals surface area contributed by atoms with E-state index >= 15 is 0 Å². The molecule has 0 unspecified atom stereocenters. The lowest BCUT2D eigenvalue weighted by Gasteiger charge is -2.27. The predicted octanol–water partition coefficient (Wildman–Crippen LogP) is 5.28. The van der Waals surface area contributed by atoms with Crippen LogP contribution in [0.4, 0.5) is 0 Å². The number of esters is 1. The number of carbonyl (C=O) groups is 2. The monoisotopic (exact) mass is 724 g/mol. The third kappa shape index (κ3) is 5.81. The molecule has 1 atom stereocenters. The first-order valence-electron chi connectivity index (χ1n) is 15.9. The summed E-state index contributed by atoms with van der Waals surface area (Å²) in [7, 11) is 1.56. The number of carbonyl (C=O) groups excluding carboxylic acids is 2. The molecule has 48 heavy (non-hydrogen) atoms. The summed E-state index contributed by atoms with van der Waals surface area (Å²) in [6.45, 7) is 3.70. The van der Waals surface area contributed by atoms with Crippen LogP contribution in [0.5, 0.6) is 5.75 Å². The minimum absolute atomic E-state index is 0.0853. The first kappa shape index (κ1) is 31.8. The van der Waals surface area contributed by atoms with Gasteiger partial charge in [0, 0.05) is 51.4 Å². The molecular formula is C37H33BrN4O5S. The van der Waals surface area contributed by atoms with Gasteiger partial charge in [-0.1, -0.05) is 75.8 Å². The number of nitrogens with zero attached hydrogens (tertiary/aromatic N) is 4. The van der Waals surface area contributed by atoms with E-state index in [2.05, 4.69) is 15.9 Å². The summed E-state index contributed by atoms with van der Waals surface area (Å²) in [5, 5.41) is 0.931. The van der Waals surface area contributed by atoms with Crippen LogP contribution in [-0.2, 0) is 20.9 Å². The lowest BCUT2D eigenvalue weighted by molar-refractivity contribution is -0.139. The fourth-order valence-electron chi connectivity index (χ4n) is 6.53. The van der Waals surface area contributed by atoms with Crippen LogP contribution in [0.2, 0.25) is 0 Å². The van der Waals surface area contributed by atoms with Crippen molar-refractivity contribution in [2.24, 2.45) is 4.99 Å². The van der Waals surface area contributed by atoms with Crippen LogP contribution in [0.3, 0.4) is 0 Å². The van der Waals surface area contributed by atoms with Crippen LogP contribution in [0.15, 0.2) is 98.8 Å². The number of aromatic nitrogens is 2. The van der Waals surface area contributed by atoms with Crippen LogP contribution in [0.1, 0.15) is 42.5 Å². The van der Waals surface area contributed by atoms with Crippen molar-refractivity contribution < 1.29 is 19.1 Å². The van der Waals surface area contributed by atoms with Gasteiger partial charge in [0.1, 0.15) is 18.3 Å². The van der Waals surface area contributed by atoms with Gasteiger partial charge in [-0.2, -0.15) is 0 Å². The summed E-state index contributed by atoms with van der Waals surface area (Å²) in [5.41, 5.74) is 3.45. The molecule has 1 amide bonds. The third-order valence-corrected chi connectivity index (χ3v) is 10.2. The minimum Gasteiger partial charge on any atom is -0.496 e. The Bertz CT molecular complexity index is 2260. The molecule has 244 valence electrons. The minimum atomic E-state index is -0.885. The number of methoxy groups -OCH3 is 1. The zero-order chi connectivity index (χ0) is 33.4.